The Morgan fingerprint density at radius 3 is 2.56 bits per heavy atom. The van der Waals surface area contributed by atoms with E-state index in [1.54, 1.807) is 36.4 Å². The molecule has 2 rings (SSSR count). The third kappa shape index (κ3) is 5.74. The van der Waals surface area contributed by atoms with Gasteiger partial charge >= 0.3 is 5.97 Å². The van der Waals surface area contributed by atoms with Crippen LogP contribution in [0.2, 0.25) is 0 Å². The number of carbonyl (C=O) groups excluding carboxylic acids is 1. The third-order valence-corrected chi connectivity index (χ3v) is 3.61. The number of carbonyl (C=O) groups is 2. The minimum absolute atomic E-state index is 0.00997. The first-order chi connectivity index (χ1) is 12.0. The van der Waals surface area contributed by atoms with Crippen molar-refractivity contribution < 1.29 is 24.2 Å². The van der Waals surface area contributed by atoms with Crippen LogP contribution in [-0.4, -0.2) is 30.9 Å². The van der Waals surface area contributed by atoms with Crippen LogP contribution in [0.1, 0.15) is 15.9 Å². The van der Waals surface area contributed by atoms with Gasteiger partial charge in [-0.2, -0.15) is 0 Å². The van der Waals surface area contributed by atoms with Gasteiger partial charge in [0, 0.05) is 17.7 Å². The molecule has 2 aromatic rings. The Morgan fingerprint density at radius 1 is 1.20 bits per heavy atom. The summed E-state index contributed by atoms with van der Waals surface area (Å²) < 4.78 is 10.7. The lowest BCUT2D eigenvalue weighted by Crippen LogP contribution is -2.12. The number of hydrogen-bond donors (Lipinski definition) is 2. The van der Waals surface area contributed by atoms with Crippen molar-refractivity contribution in [2.24, 2.45) is 0 Å². The molecule has 0 aliphatic rings. The molecule has 0 heterocycles. The standard InChI is InChI=1S/C18H16BrNO5/c1-24-11-25-14-6-2-12(3-7-14)4-9-17(21)20-16-8-5-13(19)10-15(16)18(22)23/h2-10H,11H2,1H3,(H,20,21)(H,22,23)/b9-4+. The van der Waals surface area contributed by atoms with Gasteiger partial charge in [-0.1, -0.05) is 28.1 Å². The Balaban J connectivity index is 2.02. The van der Waals surface area contributed by atoms with E-state index in [-0.39, 0.29) is 18.0 Å². The van der Waals surface area contributed by atoms with Crippen LogP contribution in [0.15, 0.2) is 53.0 Å². The molecule has 130 valence electrons. The van der Waals surface area contributed by atoms with Gasteiger partial charge in [0.15, 0.2) is 6.79 Å². The van der Waals surface area contributed by atoms with Crippen LogP contribution in [0, 0.1) is 0 Å². The van der Waals surface area contributed by atoms with Crippen LogP contribution in [-0.2, 0) is 9.53 Å². The molecule has 2 N–H and O–H groups in total. The molecule has 0 fully saturated rings. The maximum absolute atomic E-state index is 12.0. The van der Waals surface area contributed by atoms with Crippen LogP contribution >= 0.6 is 15.9 Å². The fraction of sp³-hybridized carbons (Fsp3) is 0.111. The molecule has 2 aromatic carbocycles. The predicted octanol–water partition coefficient (Wildman–Crippen LogP) is 3.78. The highest BCUT2D eigenvalue weighted by molar-refractivity contribution is 9.10. The number of ether oxygens (including phenoxy) is 2. The number of amides is 1. The maximum Gasteiger partial charge on any atom is 0.337 e. The van der Waals surface area contributed by atoms with E-state index in [4.69, 9.17) is 9.47 Å². The minimum Gasteiger partial charge on any atom is -0.478 e. The number of halogens is 1. The summed E-state index contributed by atoms with van der Waals surface area (Å²) in [6, 6.07) is 11.7. The lowest BCUT2D eigenvalue weighted by atomic mass is 10.1. The zero-order chi connectivity index (χ0) is 18.2. The molecule has 0 aliphatic carbocycles. The Labute approximate surface area is 153 Å². The number of benzene rings is 2. The molecule has 0 unspecified atom stereocenters. The smallest absolute Gasteiger partial charge is 0.337 e. The number of carboxylic acid groups (broad SMARTS) is 1. The van der Waals surface area contributed by atoms with E-state index in [9.17, 15) is 14.7 Å². The van der Waals surface area contributed by atoms with Gasteiger partial charge in [0.25, 0.3) is 0 Å². The van der Waals surface area contributed by atoms with Crippen molar-refractivity contribution in [3.8, 4) is 5.75 Å². The molecule has 0 saturated carbocycles. The van der Waals surface area contributed by atoms with Crippen LogP contribution in [0.25, 0.3) is 6.08 Å². The van der Waals surface area contributed by atoms with Crippen molar-refractivity contribution in [2.75, 3.05) is 19.2 Å². The molecule has 0 spiro atoms. The normalized spacial score (nSPS) is 10.6. The lowest BCUT2D eigenvalue weighted by Gasteiger charge is -2.07. The second kappa shape index (κ2) is 9.00. The molecule has 0 aliphatic heterocycles. The summed E-state index contributed by atoms with van der Waals surface area (Å²) in [5, 5.41) is 11.7. The highest BCUT2D eigenvalue weighted by Gasteiger charge is 2.11. The maximum atomic E-state index is 12.0. The number of nitrogens with one attached hydrogen (secondary N) is 1. The molecule has 25 heavy (non-hydrogen) atoms. The van der Waals surface area contributed by atoms with Gasteiger partial charge in [-0.25, -0.2) is 4.79 Å². The molecular weight excluding hydrogens is 390 g/mol. The summed E-state index contributed by atoms with van der Waals surface area (Å²) in [4.78, 5) is 23.2. The molecule has 0 aromatic heterocycles. The number of aromatic carboxylic acids is 1. The number of methoxy groups -OCH3 is 1. The van der Waals surface area contributed by atoms with Crippen LogP contribution in [0.4, 0.5) is 5.69 Å². The average Bonchev–Trinajstić information content (AvgIpc) is 2.60. The molecule has 1 amide bonds. The summed E-state index contributed by atoms with van der Waals surface area (Å²) in [6.45, 7) is 0.163. The molecule has 0 saturated heterocycles. The van der Waals surface area contributed by atoms with Gasteiger partial charge in [-0.3, -0.25) is 4.79 Å². The Bertz CT molecular complexity index is 787. The second-order valence-electron chi connectivity index (χ2n) is 4.94. The van der Waals surface area contributed by atoms with E-state index in [1.807, 2.05) is 0 Å². The quantitative estimate of drug-likeness (QED) is 0.540. The number of anilines is 1. The van der Waals surface area contributed by atoms with E-state index < -0.39 is 11.9 Å². The largest absolute Gasteiger partial charge is 0.478 e. The molecule has 0 bridgehead atoms. The van der Waals surface area contributed by atoms with Crippen molar-refractivity contribution in [3.63, 3.8) is 0 Å². The number of rotatable bonds is 7. The predicted molar refractivity (Wildman–Crippen MR) is 97.7 cm³/mol. The lowest BCUT2D eigenvalue weighted by molar-refractivity contribution is -0.111. The van der Waals surface area contributed by atoms with E-state index in [2.05, 4.69) is 21.2 Å². The van der Waals surface area contributed by atoms with Gasteiger partial charge < -0.3 is 19.9 Å². The number of carboxylic acids is 1. The first kappa shape index (κ1) is 18.7. The van der Waals surface area contributed by atoms with Gasteiger partial charge in [0.2, 0.25) is 5.91 Å². The molecule has 0 atom stereocenters. The Kier molecular flexibility index (Phi) is 6.73. The first-order valence-electron chi connectivity index (χ1n) is 7.23. The highest BCUT2D eigenvalue weighted by atomic mass is 79.9. The monoisotopic (exact) mass is 405 g/mol. The van der Waals surface area contributed by atoms with E-state index in [1.165, 1.54) is 25.3 Å². The molecule has 7 heteroatoms. The molecule has 6 nitrogen and oxygen atoms in total. The zero-order valence-electron chi connectivity index (χ0n) is 13.4. The fourth-order valence-corrected chi connectivity index (χ4v) is 2.31. The van der Waals surface area contributed by atoms with Gasteiger partial charge in [0.05, 0.1) is 11.3 Å². The fourth-order valence-electron chi connectivity index (χ4n) is 1.95. The van der Waals surface area contributed by atoms with Crippen molar-refractivity contribution in [1.82, 2.24) is 0 Å². The van der Waals surface area contributed by atoms with Crippen LogP contribution in [0.5, 0.6) is 5.75 Å². The van der Waals surface area contributed by atoms with Crippen LogP contribution < -0.4 is 10.1 Å². The Morgan fingerprint density at radius 2 is 1.92 bits per heavy atom. The van der Waals surface area contributed by atoms with Gasteiger partial charge in [-0.15, -0.1) is 0 Å². The zero-order valence-corrected chi connectivity index (χ0v) is 14.9. The summed E-state index contributed by atoms with van der Waals surface area (Å²) in [5.74, 6) is -0.888. The van der Waals surface area contributed by atoms with Crippen molar-refractivity contribution in [3.05, 3.63) is 64.1 Å². The van der Waals surface area contributed by atoms with Crippen molar-refractivity contribution >= 4 is 39.6 Å². The van der Waals surface area contributed by atoms with E-state index in [0.29, 0.717) is 10.2 Å². The van der Waals surface area contributed by atoms with Crippen molar-refractivity contribution in [2.45, 2.75) is 0 Å². The second-order valence-corrected chi connectivity index (χ2v) is 5.85. The third-order valence-electron chi connectivity index (χ3n) is 3.12. The average molecular weight is 406 g/mol. The topological polar surface area (TPSA) is 84.9 Å². The summed E-state index contributed by atoms with van der Waals surface area (Å²) in [7, 11) is 1.54. The van der Waals surface area contributed by atoms with Gasteiger partial charge in [-0.05, 0) is 42.0 Å². The van der Waals surface area contributed by atoms with Gasteiger partial charge in [0.1, 0.15) is 5.75 Å². The minimum atomic E-state index is -1.12. The summed E-state index contributed by atoms with van der Waals surface area (Å²) in [5.41, 5.74) is 1.04. The Hall–Kier alpha value is -2.64. The first-order valence-corrected chi connectivity index (χ1v) is 8.02. The SMILES string of the molecule is COCOc1ccc(/C=C/C(=O)Nc2ccc(Br)cc2C(=O)O)cc1. The summed E-state index contributed by atoms with van der Waals surface area (Å²) >= 11 is 3.21. The van der Waals surface area contributed by atoms with Crippen molar-refractivity contribution in [1.29, 1.82) is 0 Å². The van der Waals surface area contributed by atoms with E-state index in [0.717, 1.165) is 5.56 Å². The molecular formula is C18H16BrNO5. The summed E-state index contributed by atoms with van der Waals surface area (Å²) in [6.07, 6.45) is 2.95. The number of hydrogen-bond acceptors (Lipinski definition) is 4. The molecule has 0 radical (unpaired) electrons. The highest BCUT2D eigenvalue weighted by Crippen LogP contribution is 2.21. The van der Waals surface area contributed by atoms with E-state index >= 15 is 0 Å². The van der Waals surface area contributed by atoms with Crippen LogP contribution in [0.3, 0.4) is 0 Å².